The Balaban J connectivity index is 0.000000102. The van der Waals surface area contributed by atoms with Gasteiger partial charge in [0.2, 0.25) is 0 Å². The predicted octanol–water partition coefficient (Wildman–Crippen LogP) is 10.7. The molecule has 9 aliphatic heterocycles. The van der Waals surface area contributed by atoms with Gasteiger partial charge in [-0.05, 0) is 283 Å². The molecule has 9 saturated heterocycles. The quantitative estimate of drug-likeness (QED) is 0.225. The minimum atomic E-state index is 0. The first-order valence-electron chi connectivity index (χ1n) is 26.8. The summed E-state index contributed by atoms with van der Waals surface area (Å²) in [5, 5.41) is 0. The van der Waals surface area contributed by atoms with Crippen LogP contribution in [0.5, 0.6) is 0 Å². The summed E-state index contributed by atoms with van der Waals surface area (Å²) in [7, 11) is 0. The van der Waals surface area contributed by atoms with Crippen LogP contribution in [0.25, 0.3) is 0 Å². The first-order valence-corrected chi connectivity index (χ1v) is 26.8. The maximum Gasteiger partial charge on any atom is 0.0447 e. The number of benzene rings is 1. The molecule has 18 rings (SSSR count). The molecule has 0 amide bonds. The Labute approximate surface area is 394 Å². The van der Waals surface area contributed by atoms with E-state index in [0.29, 0.717) is 16.2 Å². The molecule has 11 heterocycles. The zero-order chi connectivity index (χ0) is 43.9. The molecule has 6 unspecified atom stereocenters. The Morgan fingerprint density at radius 2 is 0.646 bits per heavy atom. The molecule has 0 N–H and O–H groups in total. The van der Waals surface area contributed by atoms with Crippen LogP contribution in [0.4, 0.5) is 0 Å². The summed E-state index contributed by atoms with van der Waals surface area (Å²) in [6.07, 6.45) is 17.1. The normalized spacial score (nSPS) is 40.2. The molecule has 12 bridgehead atoms. The fourth-order valence-corrected chi connectivity index (χ4v) is 19.5. The van der Waals surface area contributed by atoms with E-state index in [4.69, 9.17) is 9.97 Å². The van der Waals surface area contributed by atoms with Gasteiger partial charge in [0.25, 0.3) is 0 Å². The molecule has 65 heavy (non-hydrogen) atoms. The van der Waals surface area contributed by atoms with Gasteiger partial charge in [-0.2, -0.15) is 0 Å². The Morgan fingerprint density at radius 1 is 0.323 bits per heavy atom. The summed E-state index contributed by atoms with van der Waals surface area (Å²) in [6, 6.07) is 0. The first-order chi connectivity index (χ1) is 30.6. The second-order valence-electron chi connectivity index (χ2n) is 25.8. The SMILES string of the molecule is C.Cc1c(C)c(C)c2c(c1C)CC1(C2)C2CC3CC1CN(C3)C2.Cc1nc(C)c2c(c1C)CC1(C2)C2CC3CC1CN(C3)C2.Cc1nc2c(c(C)c1C)CC1(C2)C2CC3CC1CN(C3)C2. The molecule has 0 radical (unpaired) electrons. The standard InChI is InChI=1S/C21H29N.2C19H26N2.CH4/c1-12-13(2)15(4)20-8-21(7-19(20)14(12)3)17-5-16-6-18(21)11-22(9-16)10-17;1-11-12(2)20-13(3)18-7-19(6-17(11)18)15-4-14-5-16(19)10-21(8-14)9-15;1-11-12(2)17-6-19(7-18(17)20-13(11)3)15-4-14-5-16(19)10-21(8-14)9-15;/h16-18H,5-11H2,1-4H3;2*14-16H,4-10H2,1-3H3;1H4. The van der Waals surface area contributed by atoms with Crippen LogP contribution < -0.4 is 0 Å². The van der Waals surface area contributed by atoms with Gasteiger partial charge in [0, 0.05) is 81.7 Å². The molecule has 5 nitrogen and oxygen atoms in total. The van der Waals surface area contributed by atoms with Crippen molar-refractivity contribution < 1.29 is 0 Å². The zero-order valence-electron chi connectivity index (χ0n) is 41.8. The minimum Gasteiger partial charge on any atom is -0.302 e. The highest BCUT2D eigenvalue weighted by Gasteiger charge is 2.61. The van der Waals surface area contributed by atoms with Crippen LogP contribution in [0.3, 0.4) is 0 Å². The molecule has 12 fully saturated rings. The fourth-order valence-electron chi connectivity index (χ4n) is 19.5. The molecule has 6 atom stereocenters. The summed E-state index contributed by atoms with van der Waals surface area (Å²) in [5.74, 6) is 8.79. The lowest BCUT2D eigenvalue weighted by Crippen LogP contribution is -2.63. The zero-order valence-corrected chi connectivity index (χ0v) is 41.8. The lowest BCUT2D eigenvalue weighted by atomic mass is 9.52. The van der Waals surface area contributed by atoms with Gasteiger partial charge in [-0.1, -0.05) is 7.43 Å². The van der Waals surface area contributed by atoms with Crippen molar-refractivity contribution in [1.82, 2.24) is 24.7 Å². The van der Waals surface area contributed by atoms with Crippen LogP contribution >= 0.6 is 0 Å². The van der Waals surface area contributed by atoms with Crippen LogP contribution in [-0.4, -0.2) is 83.6 Å². The number of nitrogens with zero attached hydrogens (tertiary/aromatic N) is 5. The van der Waals surface area contributed by atoms with E-state index in [0.717, 1.165) is 53.3 Å². The number of fused-ring (bicyclic) bond motifs is 3. The molecule has 350 valence electrons. The molecule has 2 aromatic heterocycles. The number of rotatable bonds is 0. The van der Waals surface area contributed by atoms with Gasteiger partial charge in [0.15, 0.2) is 0 Å². The Morgan fingerprint density at radius 3 is 1.05 bits per heavy atom. The van der Waals surface area contributed by atoms with Crippen molar-refractivity contribution in [2.24, 2.45) is 69.5 Å². The molecular weight excluding hydrogens is 791 g/mol. The largest absolute Gasteiger partial charge is 0.302 e. The molecule has 1 aromatic carbocycles. The van der Waals surface area contributed by atoms with E-state index in [-0.39, 0.29) is 7.43 Å². The summed E-state index contributed by atoms with van der Waals surface area (Å²) < 4.78 is 0. The second-order valence-corrected chi connectivity index (χ2v) is 25.8. The lowest BCUT2D eigenvalue weighted by molar-refractivity contribution is -0.122. The Kier molecular flexibility index (Phi) is 10.0. The maximum atomic E-state index is 5.01. The molecule has 6 aliphatic carbocycles. The molecule has 5 heteroatoms. The van der Waals surface area contributed by atoms with E-state index in [9.17, 15) is 0 Å². The van der Waals surface area contributed by atoms with Crippen LogP contribution in [-0.2, 0) is 38.5 Å². The Bertz CT molecular complexity index is 2350. The van der Waals surface area contributed by atoms with Gasteiger partial charge >= 0.3 is 0 Å². The molecule has 3 spiro atoms. The third kappa shape index (κ3) is 6.17. The monoisotopic (exact) mass is 876 g/mol. The number of hydrogen-bond acceptors (Lipinski definition) is 5. The predicted molar refractivity (Wildman–Crippen MR) is 267 cm³/mol. The van der Waals surface area contributed by atoms with Crippen molar-refractivity contribution in [3.8, 4) is 0 Å². The van der Waals surface area contributed by atoms with Crippen molar-refractivity contribution in [2.75, 3.05) is 58.9 Å². The highest BCUT2D eigenvalue weighted by molar-refractivity contribution is 5.54. The highest BCUT2D eigenvalue weighted by atomic mass is 15.2. The third-order valence-corrected chi connectivity index (χ3v) is 23.3. The first kappa shape index (κ1) is 43.7. The van der Waals surface area contributed by atoms with Crippen molar-refractivity contribution in [2.45, 2.75) is 154 Å². The van der Waals surface area contributed by atoms with Crippen LogP contribution in [0.2, 0.25) is 0 Å². The van der Waals surface area contributed by atoms with Gasteiger partial charge in [-0.25, -0.2) is 0 Å². The minimum absolute atomic E-state index is 0. The van der Waals surface area contributed by atoms with E-state index >= 15 is 0 Å². The molecule has 3 saturated carbocycles. The summed E-state index contributed by atoms with van der Waals surface area (Å²) >= 11 is 0. The van der Waals surface area contributed by atoms with Gasteiger partial charge < -0.3 is 14.7 Å². The average Bonchev–Trinajstić information content (AvgIpc) is 3.99. The van der Waals surface area contributed by atoms with Crippen molar-refractivity contribution >= 4 is 0 Å². The summed E-state index contributed by atoms with van der Waals surface area (Å²) in [4.78, 5) is 18.2. The van der Waals surface area contributed by atoms with E-state index in [1.54, 1.807) is 55.6 Å². The van der Waals surface area contributed by atoms with Crippen molar-refractivity contribution in [3.05, 3.63) is 89.5 Å². The molecular formula is C60H85N5. The number of aromatic nitrogens is 2. The second kappa shape index (κ2) is 15.0. The number of pyridine rings is 2. The van der Waals surface area contributed by atoms with Crippen LogP contribution in [0.15, 0.2) is 0 Å². The number of piperidine rings is 9. The smallest absolute Gasteiger partial charge is 0.0447 e. The third-order valence-electron chi connectivity index (χ3n) is 23.3. The van der Waals surface area contributed by atoms with E-state index in [1.807, 2.05) is 0 Å². The van der Waals surface area contributed by atoms with Crippen LogP contribution in [0.1, 0.15) is 135 Å². The van der Waals surface area contributed by atoms with E-state index < -0.39 is 0 Å². The highest BCUT2D eigenvalue weighted by Crippen LogP contribution is 2.63. The van der Waals surface area contributed by atoms with Gasteiger partial charge in [-0.15, -0.1) is 0 Å². The average molecular weight is 876 g/mol. The number of hydrogen-bond donors (Lipinski definition) is 0. The Hall–Kier alpha value is -2.60. The van der Waals surface area contributed by atoms with Crippen molar-refractivity contribution in [3.63, 3.8) is 0 Å². The molecule has 15 aliphatic rings. The van der Waals surface area contributed by atoms with Crippen molar-refractivity contribution in [1.29, 1.82) is 0 Å². The topological polar surface area (TPSA) is 35.5 Å². The fraction of sp³-hybridized carbons (Fsp3) is 0.733. The number of aryl methyl sites for hydroxylation is 3. The molecule has 3 aromatic rings. The summed E-state index contributed by atoms with van der Waals surface area (Å²) in [5.41, 5.74) is 26.3. The lowest BCUT2D eigenvalue weighted by Gasteiger charge is -2.61. The van der Waals surface area contributed by atoms with E-state index in [1.165, 1.54) is 170 Å². The van der Waals surface area contributed by atoms with Gasteiger partial charge in [0.05, 0.1) is 0 Å². The van der Waals surface area contributed by atoms with E-state index in [2.05, 4.69) is 83.9 Å². The maximum absolute atomic E-state index is 5.01. The summed E-state index contributed by atoms with van der Waals surface area (Å²) in [6.45, 7) is 35.5. The van der Waals surface area contributed by atoms with Crippen LogP contribution in [0, 0.1) is 139 Å². The van der Waals surface area contributed by atoms with Gasteiger partial charge in [-0.3, -0.25) is 9.97 Å². The van der Waals surface area contributed by atoms with Gasteiger partial charge in [0.1, 0.15) is 0 Å².